The molecular weight excluding hydrogens is 283 g/mol. The number of methoxy groups -OCH3 is 1. The zero-order chi connectivity index (χ0) is 16.1. The van der Waals surface area contributed by atoms with E-state index in [-0.39, 0.29) is 11.7 Å². The quantitative estimate of drug-likeness (QED) is 0.885. The third-order valence-corrected chi connectivity index (χ3v) is 3.32. The van der Waals surface area contributed by atoms with Crippen LogP contribution in [0.15, 0.2) is 36.4 Å². The Bertz CT molecular complexity index is 686. The Kier molecular flexibility index (Phi) is 4.99. The summed E-state index contributed by atoms with van der Waals surface area (Å²) in [4.78, 5) is 11.3. The van der Waals surface area contributed by atoms with Crippen LogP contribution in [0.5, 0.6) is 5.75 Å². The molecule has 2 N–H and O–H groups in total. The Morgan fingerprint density at radius 3 is 2.64 bits per heavy atom. The smallest absolute Gasteiger partial charge is 0.221 e. The van der Waals surface area contributed by atoms with E-state index in [4.69, 9.17) is 4.74 Å². The van der Waals surface area contributed by atoms with E-state index in [1.165, 1.54) is 19.1 Å². The molecule has 5 heteroatoms. The molecule has 2 aromatic rings. The van der Waals surface area contributed by atoms with Gasteiger partial charge < -0.3 is 15.4 Å². The maximum Gasteiger partial charge on any atom is 0.221 e. The average Bonchev–Trinajstić information content (AvgIpc) is 2.48. The monoisotopic (exact) mass is 302 g/mol. The molecule has 0 aliphatic rings. The number of carbonyl (C=O) groups is 1. The predicted octanol–water partition coefficient (Wildman–Crippen LogP) is 3.71. The lowest BCUT2D eigenvalue weighted by Crippen LogP contribution is -2.10. The second-order valence-corrected chi connectivity index (χ2v) is 5.02. The fourth-order valence-corrected chi connectivity index (χ4v) is 2.12. The molecule has 4 nitrogen and oxygen atoms in total. The van der Waals surface area contributed by atoms with Gasteiger partial charge >= 0.3 is 0 Å². The molecule has 0 saturated carbocycles. The van der Waals surface area contributed by atoms with Crippen molar-refractivity contribution in [3.8, 4) is 5.75 Å². The molecule has 0 bridgehead atoms. The number of nitrogens with one attached hydrogen (secondary N) is 2. The van der Waals surface area contributed by atoms with Crippen LogP contribution in [0.2, 0.25) is 0 Å². The molecule has 0 aliphatic heterocycles. The molecule has 2 rings (SSSR count). The van der Waals surface area contributed by atoms with Gasteiger partial charge in [-0.25, -0.2) is 4.39 Å². The zero-order valence-electron chi connectivity index (χ0n) is 12.9. The van der Waals surface area contributed by atoms with Gasteiger partial charge in [0.25, 0.3) is 0 Å². The summed E-state index contributed by atoms with van der Waals surface area (Å²) in [6.45, 7) is 3.82. The van der Waals surface area contributed by atoms with Crippen LogP contribution in [0.3, 0.4) is 0 Å². The van der Waals surface area contributed by atoms with Gasteiger partial charge in [-0.2, -0.15) is 0 Å². The topological polar surface area (TPSA) is 50.4 Å². The lowest BCUT2D eigenvalue weighted by atomic mass is 10.1. The fraction of sp³-hybridized carbons (Fsp3) is 0.235. The second kappa shape index (κ2) is 6.93. The van der Waals surface area contributed by atoms with Gasteiger partial charge in [-0.05, 0) is 42.3 Å². The lowest BCUT2D eigenvalue weighted by molar-refractivity contribution is -0.114. The average molecular weight is 302 g/mol. The first-order valence-electron chi connectivity index (χ1n) is 6.94. The number of hydrogen-bond acceptors (Lipinski definition) is 3. The first kappa shape index (κ1) is 15.8. The van der Waals surface area contributed by atoms with Crippen LogP contribution >= 0.6 is 0 Å². The first-order chi connectivity index (χ1) is 10.5. The maximum atomic E-state index is 13.3. The number of rotatable bonds is 5. The molecule has 22 heavy (non-hydrogen) atoms. The highest BCUT2D eigenvalue weighted by molar-refractivity contribution is 5.92. The number of ether oxygens (including phenoxy) is 1. The highest BCUT2D eigenvalue weighted by atomic mass is 19.1. The largest absolute Gasteiger partial charge is 0.497 e. The predicted molar refractivity (Wildman–Crippen MR) is 85.8 cm³/mol. The van der Waals surface area contributed by atoms with E-state index < -0.39 is 0 Å². The van der Waals surface area contributed by atoms with E-state index >= 15 is 0 Å². The van der Waals surface area contributed by atoms with Crippen molar-refractivity contribution in [3.05, 3.63) is 53.3 Å². The number of amides is 1. The van der Waals surface area contributed by atoms with E-state index in [1.807, 2.05) is 6.92 Å². The number of benzene rings is 2. The van der Waals surface area contributed by atoms with Crippen molar-refractivity contribution in [1.82, 2.24) is 0 Å². The summed E-state index contributed by atoms with van der Waals surface area (Å²) in [6, 6.07) is 10.0. The number of hydrogen-bond donors (Lipinski definition) is 2. The Morgan fingerprint density at radius 1 is 1.18 bits per heavy atom. The van der Waals surface area contributed by atoms with Gasteiger partial charge in [-0.1, -0.05) is 6.07 Å². The molecule has 0 atom stereocenters. The molecule has 0 aromatic heterocycles. The Morgan fingerprint density at radius 2 is 1.95 bits per heavy atom. The molecule has 0 radical (unpaired) electrons. The van der Waals surface area contributed by atoms with Crippen molar-refractivity contribution >= 4 is 17.3 Å². The number of halogens is 1. The molecule has 2 aromatic carbocycles. The minimum Gasteiger partial charge on any atom is -0.497 e. The van der Waals surface area contributed by atoms with Gasteiger partial charge in [0.05, 0.1) is 18.5 Å². The van der Waals surface area contributed by atoms with E-state index in [2.05, 4.69) is 10.6 Å². The zero-order valence-corrected chi connectivity index (χ0v) is 12.9. The van der Waals surface area contributed by atoms with E-state index in [9.17, 15) is 9.18 Å². The summed E-state index contributed by atoms with van der Waals surface area (Å²) >= 11 is 0. The number of carbonyl (C=O) groups excluding carboxylic acids is 1. The van der Waals surface area contributed by atoms with Crippen molar-refractivity contribution in [2.24, 2.45) is 0 Å². The highest BCUT2D eigenvalue weighted by Gasteiger charge is 2.07. The summed E-state index contributed by atoms with van der Waals surface area (Å²) in [5.74, 6) is 0.248. The summed E-state index contributed by atoms with van der Waals surface area (Å²) in [6.07, 6.45) is 0. The van der Waals surface area contributed by atoms with E-state index in [0.717, 1.165) is 16.8 Å². The summed E-state index contributed by atoms with van der Waals surface area (Å²) in [5, 5.41) is 5.97. The van der Waals surface area contributed by atoms with Crippen molar-refractivity contribution in [2.75, 3.05) is 17.7 Å². The maximum absolute atomic E-state index is 13.3. The van der Waals surface area contributed by atoms with Crippen molar-refractivity contribution in [2.45, 2.75) is 20.4 Å². The summed E-state index contributed by atoms with van der Waals surface area (Å²) in [7, 11) is 1.58. The van der Waals surface area contributed by atoms with Gasteiger partial charge in [-0.3, -0.25) is 4.79 Å². The van der Waals surface area contributed by atoms with Crippen LogP contribution in [0.25, 0.3) is 0 Å². The van der Waals surface area contributed by atoms with Crippen LogP contribution < -0.4 is 15.4 Å². The Balaban J connectivity index is 2.23. The van der Waals surface area contributed by atoms with Crippen LogP contribution in [0, 0.1) is 12.7 Å². The molecule has 0 unspecified atom stereocenters. The van der Waals surface area contributed by atoms with Crippen LogP contribution in [0.1, 0.15) is 18.1 Å². The molecule has 1 amide bonds. The van der Waals surface area contributed by atoms with Crippen LogP contribution in [0.4, 0.5) is 15.8 Å². The third kappa shape index (κ3) is 3.97. The second-order valence-electron chi connectivity index (χ2n) is 5.02. The summed E-state index contributed by atoms with van der Waals surface area (Å²) < 4.78 is 18.5. The van der Waals surface area contributed by atoms with Crippen LogP contribution in [-0.2, 0) is 11.3 Å². The van der Waals surface area contributed by atoms with Gasteiger partial charge in [0.2, 0.25) is 5.91 Å². The highest BCUT2D eigenvalue weighted by Crippen LogP contribution is 2.28. The number of anilines is 2. The first-order valence-corrected chi connectivity index (χ1v) is 6.94. The molecule has 116 valence electrons. The number of aryl methyl sites for hydroxylation is 1. The molecule has 0 saturated heterocycles. The molecule has 0 fully saturated rings. The summed E-state index contributed by atoms with van der Waals surface area (Å²) in [5.41, 5.74) is 3.23. The molecule has 0 spiro atoms. The van der Waals surface area contributed by atoms with Crippen molar-refractivity contribution < 1.29 is 13.9 Å². The standard InChI is InChI=1S/C17H19FN2O2/c1-11-4-5-14(18)8-13(11)10-19-17-9-15(22-3)6-7-16(17)20-12(2)21/h4-9,19H,10H2,1-3H3,(H,20,21). The Hall–Kier alpha value is -2.56. The molecular formula is C17H19FN2O2. The van der Waals surface area contributed by atoms with Gasteiger partial charge in [0, 0.05) is 19.5 Å². The normalized spacial score (nSPS) is 10.2. The van der Waals surface area contributed by atoms with Gasteiger partial charge in [0.15, 0.2) is 0 Å². The van der Waals surface area contributed by atoms with E-state index in [1.54, 1.807) is 31.4 Å². The van der Waals surface area contributed by atoms with Gasteiger partial charge in [-0.15, -0.1) is 0 Å². The fourth-order valence-electron chi connectivity index (χ4n) is 2.12. The van der Waals surface area contributed by atoms with Crippen molar-refractivity contribution in [1.29, 1.82) is 0 Å². The molecule has 0 heterocycles. The SMILES string of the molecule is COc1ccc(NC(C)=O)c(NCc2cc(F)ccc2C)c1. The third-order valence-electron chi connectivity index (χ3n) is 3.32. The molecule has 0 aliphatic carbocycles. The van der Waals surface area contributed by atoms with Crippen LogP contribution in [-0.4, -0.2) is 13.0 Å². The van der Waals surface area contributed by atoms with Gasteiger partial charge in [0.1, 0.15) is 11.6 Å². The Labute approximate surface area is 129 Å². The van der Waals surface area contributed by atoms with Crippen molar-refractivity contribution in [3.63, 3.8) is 0 Å². The lowest BCUT2D eigenvalue weighted by Gasteiger charge is -2.15. The van der Waals surface area contributed by atoms with E-state index in [0.29, 0.717) is 18.0 Å². The minimum atomic E-state index is -0.268. The minimum absolute atomic E-state index is 0.157.